The molecule has 1 aromatic rings. The zero-order valence-electron chi connectivity index (χ0n) is 10.4. The van der Waals surface area contributed by atoms with Gasteiger partial charge in [-0.25, -0.2) is 4.79 Å². The van der Waals surface area contributed by atoms with Crippen molar-refractivity contribution >= 4 is 23.3 Å². The van der Waals surface area contributed by atoms with Crippen LogP contribution in [-0.2, 0) is 0 Å². The fourth-order valence-corrected chi connectivity index (χ4v) is 2.83. The van der Waals surface area contributed by atoms with Gasteiger partial charge in [0.1, 0.15) is 0 Å². The van der Waals surface area contributed by atoms with Crippen molar-refractivity contribution in [2.45, 2.75) is 26.2 Å². The van der Waals surface area contributed by atoms with Gasteiger partial charge >= 0.3 is 5.97 Å². The summed E-state index contributed by atoms with van der Waals surface area (Å²) < 4.78 is 0. The van der Waals surface area contributed by atoms with Gasteiger partial charge in [-0.15, -0.1) is 0 Å². The van der Waals surface area contributed by atoms with Gasteiger partial charge in [-0.3, -0.25) is 0 Å². The number of hydrogen-bond acceptors (Lipinski definition) is 2. The summed E-state index contributed by atoms with van der Waals surface area (Å²) in [6, 6.07) is 5.00. The van der Waals surface area contributed by atoms with Gasteiger partial charge < -0.3 is 10.4 Å². The number of hydrogen-bond donors (Lipinski definition) is 2. The second kappa shape index (κ2) is 5.61. The lowest BCUT2D eigenvalue weighted by atomic mass is 9.98. The lowest BCUT2D eigenvalue weighted by molar-refractivity contribution is 0.0697. The zero-order chi connectivity index (χ0) is 13.1. The van der Waals surface area contributed by atoms with Crippen LogP contribution in [0.25, 0.3) is 0 Å². The Morgan fingerprint density at radius 1 is 1.50 bits per heavy atom. The molecule has 1 fully saturated rings. The molecule has 3 nitrogen and oxygen atoms in total. The van der Waals surface area contributed by atoms with E-state index < -0.39 is 5.97 Å². The van der Waals surface area contributed by atoms with Crippen molar-refractivity contribution in [2.24, 2.45) is 11.8 Å². The summed E-state index contributed by atoms with van der Waals surface area (Å²) in [6.45, 7) is 3.23. The summed E-state index contributed by atoms with van der Waals surface area (Å²) in [7, 11) is 0. The average Bonchev–Trinajstić information content (AvgIpc) is 2.72. The first-order valence-electron chi connectivity index (χ1n) is 6.34. The van der Waals surface area contributed by atoms with Gasteiger partial charge in [0.15, 0.2) is 0 Å². The number of anilines is 1. The molecule has 4 heteroatoms. The van der Waals surface area contributed by atoms with Gasteiger partial charge in [0.05, 0.1) is 10.6 Å². The standard InChI is InChI=1S/C14H18ClNO2/c1-9-3-2-4-10(9)8-16-11-5-6-12(14(17)18)13(15)7-11/h5-7,9-10,16H,2-4,8H2,1H3,(H,17,18). The molecular weight excluding hydrogens is 250 g/mol. The highest BCUT2D eigenvalue weighted by atomic mass is 35.5. The predicted octanol–water partition coefficient (Wildman–Crippen LogP) is 3.89. The monoisotopic (exact) mass is 267 g/mol. The normalized spacial score (nSPS) is 23.0. The number of rotatable bonds is 4. The number of nitrogens with one attached hydrogen (secondary N) is 1. The third kappa shape index (κ3) is 2.96. The van der Waals surface area contributed by atoms with E-state index in [1.54, 1.807) is 18.2 Å². The van der Waals surface area contributed by atoms with Crippen LogP contribution in [0.4, 0.5) is 5.69 Å². The molecule has 0 amide bonds. The molecule has 0 bridgehead atoms. The Bertz CT molecular complexity index is 447. The third-order valence-electron chi connectivity index (χ3n) is 3.81. The molecule has 0 aromatic heterocycles. The third-order valence-corrected chi connectivity index (χ3v) is 4.12. The highest BCUT2D eigenvalue weighted by Gasteiger charge is 2.22. The highest BCUT2D eigenvalue weighted by Crippen LogP contribution is 2.31. The number of carboxylic acids is 1. The van der Waals surface area contributed by atoms with E-state index in [1.807, 2.05) is 0 Å². The molecule has 0 spiro atoms. The molecule has 2 unspecified atom stereocenters. The molecule has 0 heterocycles. The van der Waals surface area contributed by atoms with Gasteiger partial charge in [-0.05, 0) is 36.5 Å². The number of aromatic carboxylic acids is 1. The van der Waals surface area contributed by atoms with E-state index in [9.17, 15) is 4.79 Å². The quantitative estimate of drug-likeness (QED) is 0.870. The lowest BCUT2D eigenvalue weighted by Crippen LogP contribution is -2.16. The Morgan fingerprint density at radius 3 is 2.83 bits per heavy atom. The van der Waals surface area contributed by atoms with Crippen molar-refractivity contribution in [1.82, 2.24) is 0 Å². The molecule has 2 atom stereocenters. The first-order chi connectivity index (χ1) is 8.58. The second-order valence-corrected chi connectivity index (χ2v) is 5.46. The number of carbonyl (C=O) groups is 1. The molecule has 98 valence electrons. The van der Waals surface area contributed by atoms with E-state index in [4.69, 9.17) is 16.7 Å². The molecule has 0 aliphatic heterocycles. The minimum atomic E-state index is -0.990. The van der Waals surface area contributed by atoms with Crippen LogP contribution < -0.4 is 5.32 Å². The van der Waals surface area contributed by atoms with Crippen LogP contribution in [0.15, 0.2) is 18.2 Å². The van der Waals surface area contributed by atoms with Gasteiger partial charge in [0.2, 0.25) is 0 Å². The second-order valence-electron chi connectivity index (χ2n) is 5.05. The fraction of sp³-hybridized carbons (Fsp3) is 0.500. The Balaban J connectivity index is 1.98. The maximum absolute atomic E-state index is 10.8. The molecule has 0 saturated heterocycles. The largest absolute Gasteiger partial charge is 0.478 e. The van der Waals surface area contributed by atoms with Crippen LogP contribution in [-0.4, -0.2) is 17.6 Å². The van der Waals surface area contributed by atoms with Gasteiger partial charge in [0, 0.05) is 12.2 Å². The minimum Gasteiger partial charge on any atom is -0.478 e. The average molecular weight is 268 g/mol. The molecule has 2 N–H and O–H groups in total. The molecule has 1 aromatic carbocycles. The van der Waals surface area contributed by atoms with Crippen LogP contribution in [0, 0.1) is 11.8 Å². The Kier molecular flexibility index (Phi) is 4.12. The SMILES string of the molecule is CC1CCCC1CNc1ccc(C(=O)O)c(Cl)c1. The summed E-state index contributed by atoms with van der Waals surface area (Å²) in [4.78, 5) is 10.8. The van der Waals surface area contributed by atoms with Crippen molar-refractivity contribution in [1.29, 1.82) is 0 Å². The van der Waals surface area contributed by atoms with Gasteiger partial charge in [-0.1, -0.05) is 31.4 Å². The maximum Gasteiger partial charge on any atom is 0.337 e. The van der Waals surface area contributed by atoms with Gasteiger partial charge in [0.25, 0.3) is 0 Å². The molecule has 0 radical (unpaired) electrons. The van der Waals surface area contributed by atoms with Crippen LogP contribution in [0.1, 0.15) is 36.5 Å². The number of benzene rings is 1. The summed E-state index contributed by atoms with van der Waals surface area (Å²) in [5.41, 5.74) is 1.04. The highest BCUT2D eigenvalue weighted by molar-refractivity contribution is 6.33. The van der Waals surface area contributed by atoms with E-state index in [2.05, 4.69) is 12.2 Å². The summed E-state index contributed by atoms with van der Waals surface area (Å²) in [5, 5.41) is 12.5. The molecule has 1 aliphatic rings. The Morgan fingerprint density at radius 2 is 2.28 bits per heavy atom. The summed E-state index contributed by atoms with van der Waals surface area (Å²) in [5.74, 6) is 0.491. The first kappa shape index (κ1) is 13.2. The minimum absolute atomic E-state index is 0.149. The Hall–Kier alpha value is -1.22. The summed E-state index contributed by atoms with van der Waals surface area (Å²) in [6.07, 6.45) is 3.90. The Labute approximate surface area is 112 Å². The van der Waals surface area contributed by atoms with E-state index in [0.717, 1.165) is 18.2 Å². The van der Waals surface area contributed by atoms with Crippen molar-refractivity contribution in [2.75, 3.05) is 11.9 Å². The van der Waals surface area contributed by atoms with Crippen LogP contribution >= 0.6 is 11.6 Å². The van der Waals surface area contributed by atoms with Crippen LogP contribution in [0.5, 0.6) is 0 Å². The van der Waals surface area contributed by atoms with Crippen LogP contribution in [0.3, 0.4) is 0 Å². The first-order valence-corrected chi connectivity index (χ1v) is 6.72. The van der Waals surface area contributed by atoms with Crippen molar-refractivity contribution in [3.63, 3.8) is 0 Å². The van der Waals surface area contributed by atoms with E-state index in [-0.39, 0.29) is 10.6 Å². The fourth-order valence-electron chi connectivity index (χ4n) is 2.57. The maximum atomic E-state index is 10.8. The molecule has 2 rings (SSSR count). The van der Waals surface area contributed by atoms with Crippen LogP contribution in [0.2, 0.25) is 5.02 Å². The number of carboxylic acid groups (broad SMARTS) is 1. The lowest BCUT2D eigenvalue weighted by Gasteiger charge is -2.17. The van der Waals surface area contributed by atoms with E-state index in [0.29, 0.717) is 5.92 Å². The van der Waals surface area contributed by atoms with Crippen molar-refractivity contribution in [3.8, 4) is 0 Å². The van der Waals surface area contributed by atoms with E-state index >= 15 is 0 Å². The van der Waals surface area contributed by atoms with Crippen molar-refractivity contribution in [3.05, 3.63) is 28.8 Å². The molecular formula is C14H18ClNO2. The zero-order valence-corrected chi connectivity index (χ0v) is 11.2. The molecule has 18 heavy (non-hydrogen) atoms. The molecule has 1 aliphatic carbocycles. The number of halogens is 1. The smallest absolute Gasteiger partial charge is 0.337 e. The topological polar surface area (TPSA) is 49.3 Å². The van der Waals surface area contributed by atoms with Gasteiger partial charge in [-0.2, -0.15) is 0 Å². The predicted molar refractivity (Wildman–Crippen MR) is 73.4 cm³/mol. The van der Waals surface area contributed by atoms with Crippen molar-refractivity contribution < 1.29 is 9.90 Å². The van der Waals surface area contributed by atoms with E-state index in [1.165, 1.54) is 19.3 Å². The molecule has 1 saturated carbocycles. The summed E-state index contributed by atoms with van der Waals surface area (Å²) >= 11 is 5.93.